The van der Waals surface area contributed by atoms with E-state index in [0.29, 0.717) is 0 Å². The molecule has 0 saturated heterocycles. The van der Waals surface area contributed by atoms with Crippen LogP contribution in [-0.2, 0) is 0 Å². The van der Waals surface area contributed by atoms with Gasteiger partial charge in [-0.3, -0.25) is 0 Å². The van der Waals surface area contributed by atoms with Crippen LogP contribution >= 0.6 is 0 Å². The van der Waals surface area contributed by atoms with Crippen LogP contribution in [-0.4, -0.2) is 4.57 Å². The second-order valence-corrected chi connectivity index (χ2v) is 15.7. The summed E-state index contributed by atoms with van der Waals surface area (Å²) in [7, 11) is 0. The van der Waals surface area contributed by atoms with Gasteiger partial charge >= 0.3 is 0 Å². The average Bonchev–Trinajstić information content (AvgIpc) is 3.67. The number of anilines is 3. The Morgan fingerprint density at radius 2 is 0.683 bits per heavy atom. The van der Waals surface area contributed by atoms with E-state index in [-0.39, 0.29) is 0 Å². The Labute approximate surface area is 348 Å². The summed E-state index contributed by atoms with van der Waals surface area (Å²) >= 11 is 0. The number of nitrogens with zero attached hydrogens (tertiary/aromatic N) is 2. The third kappa shape index (κ3) is 5.57. The zero-order chi connectivity index (χ0) is 39.6. The highest BCUT2D eigenvalue weighted by Crippen LogP contribution is 2.43. The Morgan fingerprint density at radius 3 is 1.23 bits per heavy atom. The highest BCUT2D eigenvalue weighted by atomic mass is 15.1. The molecular formula is C58H38N2. The van der Waals surface area contributed by atoms with Gasteiger partial charge in [0.25, 0.3) is 0 Å². The van der Waals surface area contributed by atoms with Crippen LogP contribution in [0.15, 0.2) is 231 Å². The molecule has 0 radical (unpaired) electrons. The first kappa shape index (κ1) is 34.1. The van der Waals surface area contributed by atoms with Crippen molar-refractivity contribution in [2.45, 2.75) is 0 Å². The third-order valence-corrected chi connectivity index (χ3v) is 12.3. The molecule has 2 nitrogen and oxygen atoms in total. The lowest BCUT2D eigenvalue weighted by molar-refractivity contribution is 1.18. The molecule has 0 spiro atoms. The minimum atomic E-state index is 1.09. The van der Waals surface area contributed by atoms with E-state index in [0.717, 1.165) is 28.3 Å². The SMILES string of the molecule is c1cc(-c2cccc(-n3c4cccc5ccc6cccc3c6c54)c2)cc(N(c2cccc(-c3cccc4ccccc34)c2)c2cccc(-c3cccc4ccccc34)c2)c1. The summed E-state index contributed by atoms with van der Waals surface area (Å²) in [4.78, 5) is 2.41. The first-order valence-corrected chi connectivity index (χ1v) is 20.7. The second kappa shape index (κ2) is 13.9. The number of hydrogen-bond acceptors (Lipinski definition) is 1. The van der Waals surface area contributed by atoms with Gasteiger partial charge in [-0.1, -0.05) is 170 Å². The molecule has 0 atom stereocenters. The lowest BCUT2D eigenvalue weighted by atomic mass is 9.96. The Bertz CT molecular complexity index is 3370. The van der Waals surface area contributed by atoms with Crippen LogP contribution in [0.5, 0.6) is 0 Å². The van der Waals surface area contributed by atoms with Crippen molar-refractivity contribution >= 4 is 71.2 Å². The predicted octanol–water partition coefficient (Wildman–Crippen LogP) is 16.2. The van der Waals surface area contributed by atoms with Gasteiger partial charge in [-0.15, -0.1) is 0 Å². The van der Waals surface area contributed by atoms with Gasteiger partial charge in [-0.2, -0.15) is 0 Å². The van der Waals surface area contributed by atoms with Crippen LogP contribution in [0.2, 0.25) is 0 Å². The highest BCUT2D eigenvalue weighted by molar-refractivity contribution is 6.24. The lowest BCUT2D eigenvalue weighted by Gasteiger charge is -2.27. The molecule has 0 fully saturated rings. The van der Waals surface area contributed by atoms with Gasteiger partial charge in [0.2, 0.25) is 0 Å². The first-order valence-electron chi connectivity index (χ1n) is 20.7. The fourth-order valence-electron chi connectivity index (χ4n) is 9.57. The molecule has 60 heavy (non-hydrogen) atoms. The van der Waals surface area contributed by atoms with E-state index in [4.69, 9.17) is 0 Å². The number of rotatable bonds is 7. The molecule has 0 saturated carbocycles. The first-order chi connectivity index (χ1) is 29.7. The van der Waals surface area contributed by atoms with Gasteiger partial charge in [0.05, 0.1) is 11.0 Å². The molecule has 0 aliphatic rings. The van der Waals surface area contributed by atoms with Crippen LogP contribution in [0.3, 0.4) is 0 Å². The number of aromatic nitrogens is 1. The second-order valence-electron chi connectivity index (χ2n) is 15.7. The number of benzene rings is 11. The van der Waals surface area contributed by atoms with Crippen molar-refractivity contribution in [3.63, 3.8) is 0 Å². The van der Waals surface area contributed by atoms with Gasteiger partial charge in [-0.25, -0.2) is 0 Å². The van der Waals surface area contributed by atoms with Gasteiger partial charge in [0.1, 0.15) is 0 Å². The van der Waals surface area contributed by atoms with E-state index >= 15 is 0 Å². The molecule has 0 bridgehead atoms. The number of fused-ring (bicyclic) bond motifs is 2. The molecule has 0 aliphatic carbocycles. The van der Waals surface area contributed by atoms with E-state index < -0.39 is 0 Å². The van der Waals surface area contributed by atoms with E-state index in [2.05, 4.69) is 240 Å². The van der Waals surface area contributed by atoms with Crippen molar-refractivity contribution in [1.29, 1.82) is 0 Å². The molecule has 0 amide bonds. The van der Waals surface area contributed by atoms with Gasteiger partial charge in [-0.05, 0) is 126 Å². The van der Waals surface area contributed by atoms with Crippen molar-refractivity contribution in [1.82, 2.24) is 4.57 Å². The minimum Gasteiger partial charge on any atom is -0.310 e. The summed E-state index contributed by atoms with van der Waals surface area (Å²) in [6.45, 7) is 0. The van der Waals surface area contributed by atoms with Crippen molar-refractivity contribution in [2.75, 3.05) is 4.90 Å². The largest absolute Gasteiger partial charge is 0.310 e. The maximum atomic E-state index is 2.43. The molecule has 1 aromatic heterocycles. The highest BCUT2D eigenvalue weighted by Gasteiger charge is 2.19. The maximum Gasteiger partial charge on any atom is 0.0547 e. The average molecular weight is 763 g/mol. The standard InChI is InChI=1S/C58H38N2/c1-3-27-51-39(13-1)15-9-29-53(51)45-21-7-24-48(37-45)59(49-25-8-22-46(38-49)54-30-10-16-40-14-2-4-28-52(40)54)47-23-5-19-43(35-47)44-20-6-26-50(36-44)60-55-31-11-17-41-33-34-42-18-12-32-56(60)58(42)57(41)55/h1-38H. The Balaban J connectivity index is 1.02. The van der Waals surface area contributed by atoms with Crippen molar-refractivity contribution in [3.8, 4) is 39.1 Å². The number of hydrogen-bond donors (Lipinski definition) is 0. The molecule has 0 N–H and O–H groups in total. The molecular weight excluding hydrogens is 725 g/mol. The fraction of sp³-hybridized carbons (Fsp3) is 0. The zero-order valence-corrected chi connectivity index (χ0v) is 32.8. The molecule has 11 aromatic carbocycles. The molecule has 12 aromatic rings. The Kier molecular flexibility index (Phi) is 7.89. The molecule has 12 rings (SSSR count). The van der Waals surface area contributed by atoms with E-state index in [9.17, 15) is 0 Å². The van der Waals surface area contributed by atoms with Crippen molar-refractivity contribution in [3.05, 3.63) is 231 Å². The summed E-state index contributed by atoms with van der Waals surface area (Å²) in [5, 5.41) is 10.2. The monoisotopic (exact) mass is 762 g/mol. The zero-order valence-electron chi connectivity index (χ0n) is 32.8. The minimum absolute atomic E-state index is 1.09. The molecule has 0 unspecified atom stereocenters. The van der Waals surface area contributed by atoms with Crippen LogP contribution in [0.4, 0.5) is 17.1 Å². The van der Waals surface area contributed by atoms with Crippen LogP contribution in [0.1, 0.15) is 0 Å². The van der Waals surface area contributed by atoms with Gasteiger partial charge in [0.15, 0.2) is 0 Å². The molecule has 0 aliphatic heterocycles. The summed E-state index contributed by atoms with van der Waals surface area (Å²) in [5.74, 6) is 0. The molecule has 1 heterocycles. The van der Waals surface area contributed by atoms with E-state index in [1.165, 1.54) is 81.9 Å². The Hall–Kier alpha value is -7.94. The van der Waals surface area contributed by atoms with Crippen molar-refractivity contribution in [2.24, 2.45) is 0 Å². The van der Waals surface area contributed by atoms with E-state index in [1.54, 1.807) is 0 Å². The summed E-state index contributed by atoms with van der Waals surface area (Å²) < 4.78 is 2.43. The van der Waals surface area contributed by atoms with Gasteiger partial charge < -0.3 is 9.47 Å². The van der Waals surface area contributed by atoms with Crippen LogP contribution < -0.4 is 4.90 Å². The predicted molar refractivity (Wildman–Crippen MR) is 255 cm³/mol. The molecule has 2 heteroatoms. The summed E-state index contributed by atoms with van der Waals surface area (Å²) in [5.41, 5.74) is 14.0. The maximum absolute atomic E-state index is 2.43. The fourth-order valence-corrected chi connectivity index (χ4v) is 9.57. The van der Waals surface area contributed by atoms with Gasteiger partial charge in [0, 0.05) is 33.5 Å². The Morgan fingerprint density at radius 1 is 0.283 bits per heavy atom. The topological polar surface area (TPSA) is 8.17 Å². The smallest absolute Gasteiger partial charge is 0.0547 e. The normalized spacial score (nSPS) is 11.7. The van der Waals surface area contributed by atoms with Crippen LogP contribution in [0, 0.1) is 0 Å². The lowest BCUT2D eigenvalue weighted by Crippen LogP contribution is -2.10. The van der Waals surface area contributed by atoms with Crippen LogP contribution in [0.25, 0.3) is 93.2 Å². The summed E-state index contributed by atoms with van der Waals surface area (Å²) in [6.07, 6.45) is 0. The third-order valence-electron chi connectivity index (χ3n) is 12.3. The summed E-state index contributed by atoms with van der Waals surface area (Å²) in [6, 6.07) is 84.3. The quantitative estimate of drug-likeness (QED) is 0.147. The molecule has 280 valence electrons. The van der Waals surface area contributed by atoms with Crippen molar-refractivity contribution < 1.29 is 0 Å². The van der Waals surface area contributed by atoms with E-state index in [1.807, 2.05) is 0 Å².